The molecule has 2 aromatic rings. The van der Waals surface area contributed by atoms with Crippen molar-refractivity contribution in [2.45, 2.75) is 45.0 Å². The SMILES string of the molecule is C[C@@H]1Cc2nn3c(c2CN1C(=O)Nc1ccnc(Br)c1F)C(F)=CC(O)CC3. The number of amides is 2. The maximum Gasteiger partial charge on any atom is 0.322 e. The van der Waals surface area contributed by atoms with Crippen molar-refractivity contribution < 1.29 is 18.7 Å². The van der Waals surface area contributed by atoms with Gasteiger partial charge in [-0.05, 0) is 41.4 Å². The third-order valence-corrected chi connectivity index (χ3v) is 5.59. The lowest BCUT2D eigenvalue weighted by Crippen LogP contribution is -2.45. The molecule has 0 aromatic carbocycles. The summed E-state index contributed by atoms with van der Waals surface area (Å²) < 4.78 is 30.3. The first kappa shape index (κ1) is 19.0. The fourth-order valence-electron chi connectivity index (χ4n) is 3.58. The highest BCUT2D eigenvalue weighted by Gasteiger charge is 2.34. The van der Waals surface area contributed by atoms with Crippen LogP contribution in [0.15, 0.2) is 22.9 Å². The van der Waals surface area contributed by atoms with Gasteiger partial charge in [-0.1, -0.05) is 0 Å². The number of hydrogen-bond acceptors (Lipinski definition) is 4. The van der Waals surface area contributed by atoms with Crippen LogP contribution >= 0.6 is 15.9 Å². The summed E-state index contributed by atoms with van der Waals surface area (Å²) in [5.74, 6) is -1.21. The predicted molar refractivity (Wildman–Crippen MR) is 102 cm³/mol. The van der Waals surface area contributed by atoms with E-state index in [2.05, 4.69) is 31.3 Å². The lowest BCUT2D eigenvalue weighted by Gasteiger charge is -2.33. The Hall–Kier alpha value is -2.33. The minimum absolute atomic E-state index is 0.00648. The van der Waals surface area contributed by atoms with E-state index < -0.39 is 23.8 Å². The lowest BCUT2D eigenvalue weighted by molar-refractivity contribution is 0.181. The van der Waals surface area contributed by atoms with Gasteiger partial charge in [0.1, 0.15) is 16.1 Å². The smallest absolute Gasteiger partial charge is 0.322 e. The molecule has 0 fully saturated rings. The molecule has 2 aliphatic heterocycles. The van der Waals surface area contributed by atoms with Crippen LogP contribution < -0.4 is 5.32 Å². The fourth-order valence-corrected chi connectivity index (χ4v) is 3.92. The van der Waals surface area contributed by atoms with Crippen molar-refractivity contribution in [3.63, 3.8) is 0 Å². The van der Waals surface area contributed by atoms with Crippen LogP contribution in [0.25, 0.3) is 5.83 Å². The van der Waals surface area contributed by atoms with Gasteiger partial charge in [0.15, 0.2) is 5.82 Å². The first-order valence-corrected chi connectivity index (χ1v) is 9.66. The standard InChI is InChI=1S/C18H18BrF2N5O2/c1-9-6-14-11(16-12(20)7-10(27)3-5-26(16)24-14)8-25(9)18(28)23-13-2-4-22-17(19)15(13)21/h2,4,7,9-10,27H,3,5-6,8H2,1H3,(H,22,23,28)/t9-,10?/m1/s1. The van der Waals surface area contributed by atoms with Crippen molar-refractivity contribution in [3.8, 4) is 0 Å². The van der Waals surface area contributed by atoms with Crippen molar-refractivity contribution in [1.29, 1.82) is 0 Å². The van der Waals surface area contributed by atoms with Gasteiger partial charge >= 0.3 is 6.03 Å². The molecule has 2 N–H and O–H groups in total. The van der Waals surface area contributed by atoms with Crippen LogP contribution in [0.1, 0.15) is 30.3 Å². The monoisotopic (exact) mass is 453 g/mol. The number of nitrogens with zero attached hydrogens (tertiary/aromatic N) is 4. The molecule has 0 radical (unpaired) electrons. The number of aliphatic hydroxyl groups excluding tert-OH is 1. The van der Waals surface area contributed by atoms with Gasteiger partial charge in [-0.15, -0.1) is 0 Å². The first-order chi connectivity index (χ1) is 13.3. The Morgan fingerprint density at radius 1 is 1.43 bits per heavy atom. The van der Waals surface area contributed by atoms with E-state index in [0.717, 1.165) is 5.69 Å². The van der Waals surface area contributed by atoms with Crippen LogP contribution in [0.5, 0.6) is 0 Å². The van der Waals surface area contributed by atoms with Crippen molar-refractivity contribution in [1.82, 2.24) is 19.7 Å². The molecule has 0 saturated carbocycles. The Bertz CT molecular complexity index is 977. The second-order valence-electron chi connectivity index (χ2n) is 6.94. The number of hydrogen-bond donors (Lipinski definition) is 2. The second-order valence-corrected chi connectivity index (χ2v) is 7.69. The molecule has 2 aliphatic rings. The van der Waals surface area contributed by atoms with Crippen LogP contribution in [0.2, 0.25) is 0 Å². The van der Waals surface area contributed by atoms with Gasteiger partial charge in [-0.2, -0.15) is 5.10 Å². The van der Waals surface area contributed by atoms with Gasteiger partial charge in [0.05, 0.1) is 24.0 Å². The summed E-state index contributed by atoms with van der Waals surface area (Å²) >= 11 is 2.99. The topological polar surface area (TPSA) is 83.3 Å². The molecular weight excluding hydrogens is 436 g/mol. The molecule has 2 atom stereocenters. The molecule has 4 heterocycles. The Balaban J connectivity index is 1.63. The number of rotatable bonds is 1. The normalized spacial score (nSPS) is 21.5. The molecule has 0 bridgehead atoms. The third-order valence-electron chi connectivity index (χ3n) is 5.03. The number of aliphatic hydroxyl groups is 1. The van der Waals surface area contributed by atoms with Crippen LogP contribution in [-0.4, -0.2) is 42.9 Å². The van der Waals surface area contributed by atoms with E-state index in [4.69, 9.17) is 0 Å². The van der Waals surface area contributed by atoms with Gasteiger partial charge in [0.2, 0.25) is 0 Å². The molecule has 0 saturated heterocycles. The second kappa shape index (κ2) is 7.25. The highest BCUT2D eigenvalue weighted by atomic mass is 79.9. The van der Waals surface area contributed by atoms with Crippen molar-refractivity contribution in [2.75, 3.05) is 5.32 Å². The van der Waals surface area contributed by atoms with E-state index in [1.165, 1.54) is 23.2 Å². The number of carbonyl (C=O) groups excluding carboxylic acids is 1. The number of aryl methyl sites for hydroxylation is 1. The number of pyridine rings is 1. The average molecular weight is 454 g/mol. The first-order valence-electron chi connectivity index (χ1n) is 8.87. The Morgan fingerprint density at radius 3 is 3.00 bits per heavy atom. The summed E-state index contributed by atoms with van der Waals surface area (Å²) in [6, 6.07) is 0.680. The summed E-state index contributed by atoms with van der Waals surface area (Å²) in [6.07, 6.45) is 2.52. The van der Waals surface area contributed by atoms with Gasteiger partial charge in [-0.25, -0.2) is 18.6 Å². The number of fused-ring (bicyclic) bond motifs is 3. The lowest BCUT2D eigenvalue weighted by atomic mass is 9.99. The zero-order chi connectivity index (χ0) is 20.0. The average Bonchev–Trinajstić information content (AvgIpc) is 2.93. The molecular formula is C18H18BrF2N5O2. The molecule has 2 amide bonds. The predicted octanol–water partition coefficient (Wildman–Crippen LogP) is 3.23. The van der Waals surface area contributed by atoms with Gasteiger partial charge < -0.3 is 15.3 Å². The number of anilines is 1. The van der Waals surface area contributed by atoms with E-state index in [9.17, 15) is 18.7 Å². The Labute approximate surface area is 168 Å². The highest BCUT2D eigenvalue weighted by Crippen LogP contribution is 2.33. The van der Waals surface area contributed by atoms with Crippen LogP contribution in [0.3, 0.4) is 0 Å². The molecule has 0 aliphatic carbocycles. The van der Waals surface area contributed by atoms with Gasteiger partial charge in [-0.3, -0.25) is 4.68 Å². The molecule has 7 nitrogen and oxygen atoms in total. The van der Waals surface area contributed by atoms with Crippen LogP contribution in [0, 0.1) is 5.82 Å². The number of halogens is 3. The number of nitrogens with one attached hydrogen (secondary N) is 1. The summed E-state index contributed by atoms with van der Waals surface area (Å²) in [4.78, 5) is 18.1. The highest BCUT2D eigenvalue weighted by molar-refractivity contribution is 9.10. The van der Waals surface area contributed by atoms with E-state index in [-0.39, 0.29) is 22.9 Å². The number of carbonyl (C=O) groups is 1. The zero-order valence-corrected chi connectivity index (χ0v) is 16.6. The number of aromatic nitrogens is 3. The van der Waals surface area contributed by atoms with Gasteiger partial charge in [0.25, 0.3) is 0 Å². The molecule has 0 spiro atoms. The van der Waals surface area contributed by atoms with E-state index in [0.29, 0.717) is 30.6 Å². The van der Waals surface area contributed by atoms with Crippen molar-refractivity contribution in [2.24, 2.45) is 0 Å². The van der Waals surface area contributed by atoms with Crippen LogP contribution in [0.4, 0.5) is 19.3 Å². The maximum atomic E-state index is 14.6. The van der Waals surface area contributed by atoms with Crippen molar-refractivity contribution >= 4 is 33.5 Å². The third kappa shape index (κ3) is 3.30. The molecule has 4 rings (SSSR count). The van der Waals surface area contributed by atoms with Gasteiger partial charge in [0, 0.05) is 30.8 Å². The molecule has 10 heteroatoms. The summed E-state index contributed by atoms with van der Waals surface area (Å²) in [5, 5.41) is 16.8. The van der Waals surface area contributed by atoms with Crippen LogP contribution in [-0.2, 0) is 19.5 Å². The Kier molecular flexibility index (Phi) is 4.92. The van der Waals surface area contributed by atoms with E-state index >= 15 is 0 Å². The quantitative estimate of drug-likeness (QED) is 0.649. The molecule has 2 aromatic heterocycles. The fraction of sp³-hybridized carbons (Fsp3) is 0.389. The molecule has 1 unspecified atom stereocenters. The summed E-state index contributed by atoms with van der Waals surface area (Å²) in [6.45, 7) is 2.40. The minimum atomic E-state index is -0.868. The summed E-state index contributed by atoms with van der Waals surface area (Å²) in [7, 11) is 0. The minimum Gasteiger partial charge on any atom is -0.389 e. The van der Waals surface area contributed by atoms with E-state index in [1.807, 2.05) is 6.92 Å². The number of urea groups is 1. The molecule has 28 heavy (non-hydrogen) atoms. The largest absolute Gasteiger partial charge is 0.389 e. The van der Waals surface area contributed by atoms with E-state index in [1.54, 1.807) is 4.68 Å². The maximum absolute atomic E-state index is 14.6. The zero-order valence-electron chi connectivity index (χ0n) is 15.0. The van der Waals surface area contributed by atoms with Crippen molar-refractivity contribution in [3.05, 3.63) is 45.7 Å². The molecule has 148 valence electrons. The Morgan fingerprint density at radius 2 is 2.21 bits per heavy atom. The summed E-state index contributed by atoms with van der Waals surface area (Å²) in [5.41, 5.74) is 1.67.